The summed E-state index contributed by atoms with van der Waals surface area (Å²) in [6.45, 7) is 1.96. The fourth-order valence-electron chi connectivity index (χ4n) is 2.58. The Hall–Kier alpha value is -2.37. The lowest BCUT2D eigenvalue weighted by Crippen LogP contribution is -2.44. The molecule has 2 unspecified atom stereocenters. The van der Waals surface area contributed by atoms with Gasteiger partial charge in [-0.15, -0.1) is 0 Å². The Morgan fingerprint density at radius 2 is 2.14 bits per heavy atom. The number of fused-ring (bicyclic) bond motifs is 1. The summed E-state index contributed by atoms with van der Waals surface area (Å²) in [5.74, 6) is -2.34. The van der Waals surface area contributed by atoms with Crippen molar-refractivity contribution in [2.24, 2.45) is 0 Å². The largest absolute Gasteiger partial charge is 0.480 e. The quantitative estimate of drug-likeness (QED) is 0.747. The van der Waals surface area contributed by atoms with Crippen LogP contribution in [0.4, 0.5) is 5.69 Å². The Bertz CT molecular complexity index is 585. The van der Waals surface area contributed by atoms with Gasteiger partial charge < -0.3 is 15.7 Å². The molecular formula is C16H20N2O4. The molecule has 2 rings (SSSR count). The fraction of sp³-hybridized carbons (Fsp3) is 0.438. The summed E-state index contributed by atoms with van der Waals surface area (Å²) in [7, 11) is 0. The average molecular weight is 304 g/mol. The molecule has 2 atom stereocenters. The number of para-hydroxylation sites is 1. The molecule has 1 aliphatic heterocycles. The maximum absolute atomic E-state index is 12.4. The number of rotatable bonds is 6. The molecule has 6 nitrogen and oxygen atoms in total. The highest BCUT2D eigenvalue weighted by Crippen LogP contribution is 2.32. The predicted octanol–water partition coefficient (Wildman–Crippen LogP) is 1.87. The van der Waals surface area contributed by atoms with E-state index in [-0.39, 0.29) is 12.3 Å². The second-order valence-corrected chi connectivity index (χ2v) is 5.43. The van der Waals surface area contributed by atoms with Gasteiger partial charge in [-0.1, -0.05) is 38.0 Å². The number of carbonyl (C=O) groups is 3. The van der Waals surface area contributed by atoms with E-state index < -0.39 is 23.8 Å². The van der Waals surface area contributed by atoms with Crippen molar-refractivity contribution < 1.29 is 19.5 Å². The van der Waals surface area contributed by atoms with Crippen LogP contribution in [0.5, 0.6) is 0 Å². The number of unbranched alkanes of at least 4 members (excludes halogenated alkanes) is 1. The van der Waals surface area contributed by atoms with Crippen molar-refractivity contribution in [2.75, 3.05) is 5.32 Å². The number of carbonyl (C=O) groups excluding carboxylic acids is 2. The molecule has 0 aliphatic carbocycles. The average Bonchev–Trinajstić information content (AvgIpc) is 2.49. The van der Waals surface area contributed by atoms with Crippen LogP contribution in [0.1, 0.15) is 44.1 Å². The number of anilines is 1. The first-order valence-electron chi connectivity index (χ1n) is 7.45. The molecule has 0 saturated heterocycles. The van der Waals surface area contributed by atoms with E-state index in [9.17, 15) is 19.5 Å². The van der Waals surface area contributed by atoms with Crippen LogP contribution in [0, 0.1) is 0 Å². The number of nitrogens with one attached hydrogen (secondary N) is 2. The maximum Gasteiger partial charge on any atom is 0.326 e. The number of benzene rings is 1. The molecule has 1 aromatic rings. The lowest BCUT2D eigenvalue weighted by Gasteiger charge is -2.26. The molecule has 2 amide bonds. The van der Waals surface area contributed by atoms with Crippen molar-refractivity contribution >= 4 is 23.5 Å². The molecule has 1 heterocycles. The highest BCUT2D eigenvalue weighted by molar-refractivity contribution is 6.01. The van der Waals surface area contributed by atoms with Gasteiger partial charge in [-0.2, -0.15) is 0 Å². The van der Waals surface area contributed by atoms with Gasteiger partial charge in [0.1, 0.15) is 6.04 Å². The summed E-state index contributed by atoms with van der Waals surface area (Å²) >= 11 is 0. The summed E-state index contributed by atoms with van der Waals surface area (Å²) in [6, 6.07) is 6.17. The molecule has 0 bridgehead atoms. The Morgan fingerprint density at radius 1 is 1.41 bits per heavy atom. The molecule has 118 valence electrons. The van der Waals surface area contributed by atoms with Crippen molar-refractivity contribution in [3.8, 4) is 0 Å². The standard InChI is InChI=1S/C16H20N2O4/c1-2-3-7-13(16(21)22)18-15(20)11-9-14(19)17-12-8-5-4-6-10(11)12/h4-6,8,11,13H,2-3,7,9H2,1H3,(H,17,19)(H,18,20)(H,21,22). The van der Waals surface area contributed by atoms with Crippen molar-refractivity contribution in [1.82, 2.24) is 5.32 Å². The molecule has 0 fully saturated rings. The van der Waals surface area contributed by atoms with E-state index in [1.807, 2.05) is 6.92 Å². The minimum absolute atomic E-state index is 0.0307. The summed E-state index contributed by atoms with van der Waals surface area (Å²) in [4.78, 5) is 35.4. The van der Waals surface area contributed by atoms with E-state index in [4.69, 9.17) is 0 Å². The van der Waals surface area contributed by atoms with Gasteiger partial charge in [0.15, 0.2) is 0 Å². The number of hydrogen-bond acceptors (Lipinski definition) is 3. The van der Waals surface area contributed by atoms with Crippen LogP contribution in [0.2, 0.25) is 0 Å². The summed E-state index contributed by atoms with van der Waals surface area (Å²) in [6.07, 6.45) is 1.99. The monoisotopic (exact) mass is 304 g/mol. The minimum Gasteiger partial charge on any atom is -0.480 e. The van der Waals surface area contributed by atoms with Gasteiger partial charge in [0.2, 0.25) is 11.8 Å². The van der Waals surface area contributed by atoms with Crippen molar-refractivity contribution in [3.63, 3.8) is 0 Å². The molecule has 22 heavy (non-hydrogen) atoms. The van der Waals surface area contributed by atoms with Gasteiger partial charge >= 0.3 is 5.97 Å². The smallest absolute Gasteiger partial charge is 0.326 e. The van der Waals surface area contributed by atoms with E-state index >= 15 is 0 Å². The SMILES string of the molecule is CCCCC(NC(=O)C1CC(=O)Nc2ccccc21)C(=O)O. The van der Waals surface area contributed by atoms with Crippen LogP contribution in [-0.4, -0.2) is 28.9 Å². The van der Waals surface area contributed by atoms with Crippen LogP contribution in [0.3, 0.4) is 0 Å². The Kier molecular flexibility index (Phi) is 5.14. The molecule has 3 N–H and O–H groups in total. The maximum atomic E-state index is 12.4. The summed E-state index contributed by atoms with van der Waals surface area (Å²) in [5.41, 5.74) is 1.33. The van der Waals surface area contributed by atoms with Crippen LogP contribution >= 0.6 is 0 Å². The van der Waals surface area contributed by atoms with E-state index in [1.165, 1.54) is 0 Å². The molecule has 0 saturated carbocycles. The van der Waals surface area contributed by atoms with E-state index in [0.29, 0.717) is 12.1 Å². The zero-order valence-corrected chi connectivity index (χ0v) is 12.5. The second kappa shape index (κ2) is 7.06. The number of amides is 2. The van der Waals surface area contributed by atoms with Crippen molar-refractivity contribution in [3.05, 3.63) is 29.8 Å². The van der Waals surface area contributed by atoms with Crippen LogP contribution in [0.25, 0.3) is 0 Å². The molecule has 0 radical (unpaired) electrons. The highest BCUT2D eigenvalue weighted by atomic mass is 16.4. The lowest BCUT2D eigenvalue weighted by atomic mass is 9.89. The third-order valence-corrected chi connectivity index (χ3v) is 3.78. The number of aliphatic carboxylic acids is 1. The van der Waals surface area contributed by atoms with E-state index in [2.05, 4.69) is 10.6 Å². The summed E-state index contributed by atoms with van der Waals surface area (Å²) < 4.78 is 0. The van der Waals surface area contributed by atoms with E-state index in [1.54, 1.807) is 24.3 Å². The normalized spacial score (nSPS) is 18.0. The number of carboxylic acids is 1. The summed E-state index contributed by atoms with van der Waals surface area (Å²) in [5, 5.41) is 14.5. The second-order valence-electron chi connectivity index (χ2n) is 5.43. The third-order valence-electron chi connectivity index (χ3n) is 3.78. The zero-order valence-electron chi connectivity index (χ0n) is 12.5. The van der Waals surface area contributed by atoms with Crippen LogP contribution in [0.15, 0.2) is 24.3 Å². The first-order chi connectivity index (χ1) is 10.5. The molecule has 0 spiro atoms. The third kappa shape index (κ3) is 3.63. The molecule has 1 aliphatic rings. The van der Waals surface area contributed by atoms with E-state index in [0.717, 1.165) is 18.4 Å². The van der Waals surface area contributed by atoms with Gasteiger partial charge in [-0.05, 0) is 18.1 Å². The predicted molar refractivity (Wildman–Crippen MR) is 81.5 cm³/mol. The van der Waals surface area contributed by atoms with Crippen LogP contribution < -0.4 is 10.6 Å². The van der Waals surface area contributed by atoms with Gasteiger partial charge in [0.25, 0.3) is 0 Å². The Morgan fingerprint density at radius 3 is 2.82 bits per heavy atom. The molecule has 6 heteroatoms. The van der Waals surface area contributed by atoms with Gasteiger partial charge in [0, 0.05) is 12.1 Å². The Balaban J connectivity index is 2.15. The van der Waals surface area contributed by atoms with Gasteiger partial charge in [-0.3, -0.25) is 9.59 Å². The van der Waals surface area contributed by atoms with Gasteiger partial charge in [-0.25, -0.2) is 4.79 Å². The number of carboxylic acid groups (broad SMARTS) is 1. The topological polar surface area (TPSA) is 95.5 Å². The molecule has 1 aromatic carbocycles. The molecular weight excluding hydrogens is 284 g/mol. The van der Waals surface area contributed by atoms with Crippen LogP contribution in [-0.2, 0) is 14.4 Å². The molecule has 0 aromatic heterocycles. The fourth-order valence-corrected chi connectivity index (χ4v) is 2.58. The Labute approximate surface area is 128 Å². The zero-order chi connectivity index (χ0) is 16.1. The number of hydrogen-bond donors (Lipinski definition) is 3. The van der Waals surface area contributed by atoms with Crippen molar-refractivity contribution in [1.29, 1.82) is 0 Å². The van der Waals surface area contributed by atoms with Gasteiger partial charge in [0.05, 0.1) is 5.92 Å². The lowest BCUT2D eigenvalue weighted by molar-refractivity contribution is -0.142. The van der Waals surface area contributed by atoms with Crippen molar-refractivity contribution in [2.45, 2.75) is 44.6 Å². The highest BCUT2D eigenvalue weighted by Gasteiger charge is 2.32. The first kappa shape index (κ1) is 16.0. The minimum atomic E-state index is -1.05. The first-order valence-corrected chi connectivity index (χ1v) is 7.45.